The minimum absolute atomic E-state index is 0.0471. The zero-order valence-electron chi connectivity index (χ0n) is 21.5. The van der Waals surface area contributed by atoms with Gasteiger partial charge in [0, 0.05) is 0 Å². The van der Waals surface area contributed by atoms with Gasteiger partial charge in [-0.05, 0) is 91.9 Å². The Balaban J connectivity index is 1.91. The van der Waals surface area contributed by atoms with Crippen LogP contribution in [0.4, 0.5) is 10.1 Å². The lowest BCUT2D eigenvalue weighted by atomic mass is 9.93. The van der Waals surface area contributed by atoms with E-state index >= 15 is 0 Å². The Morgan fingerprint density at radius 1 is 0.972 bits per heavy atom. The van der Waals surface area contributed by atoms with Crippen LogP contribution in [0.1, 0.15) is 55.0 Å². The molecule has 0 aromatic heterocycles. The highest BCUT2D eigenvalue weighted by Crippen LogP contribution is 2.32. The Morgan fingerprint density at radius 2 is 1.58 bits per heavy atom. The van der Waals surface area contributed by atoms with E-state index in [2.05, 4.69) is 19.2 Å². The van der Waals surface area contributed by atoms with Gasteiger partial charge in [0.1, 0.15) is 18.1 Å². The number of hydrogen-bond donors (Lipinski definition) is 1. The number of sulfonamides is 1. The number of hydrogen-bond acceptors (Lipinski definition) is 4. The zero-order valence-corrected chi connectivity index (χ0v) is 22.3. The average Bonchev–Trinajstić information content (AvgIpc) is 2.82. The van der Waals surface area contributed by atoms with Crippen molar-refractivity contribution in [1.82, 2.24) is 5.32 Å². The molecule has 1 N–H and O–H groups in total. The molecule has 0 saturated heterocycles. The fourth-order valence-corrected chi connectivity index (χ4v) is 5.49. The fraction of sp³-hybridized carbons (Fsp3) is 0.321. The summed E-state index contributed by atoms with van der Waals surface area (Å²) in [5, 5.41) is 2.92. The van der Waals surface area contributed by atoms with Crippen LogP contribution in [-0.2, 0) is 14.8 Å². The lowest BCUT2D eigenvalue weighted by molar-refractivity contribution is -0.120. The van der Waals surface area contributed by atoms with Gasteiger partial charge in [-0.2, -0.15) is 0 Å². The molecule has 3 rings (SSSR count). The van der Waals surface area contributed by atoms with Crippen LogP contribution in [0.5, 0.6) is 5.75 Å². The summed E-state index contributed by atoms with van der Waals surface area (Å²) in [7, 11) is -2.45. The van der Waals surface area contributed by atoms with Crippen LogP contribution in [0.15, 0.2) is 65.6 Å². The third kappa shape index (κ3) is 6.05. The zero-order chi connectivity index (χ0) is 26.6. The number of anilines is 1. The predicted molar refractivity (Wildman–Crippen MR) is 140 cm³/mol. The summed E-state index contributed by atoms with van der Waals surface area (Å²) in [5.41, 5.74) is 4.00. The van der Waals surface area contributed by atoms with Gasteiger partial charge in [0.2, 0.25) is 5.91 Å². The van der Waals surface area contributed by atoms with E-state index in [4.69, 9.17) is 4.74 Å². The Labute approximate surface area is 213 Å². The van der Waals surface area contributed by atoms with Gasteiger partial charge in [0.25, 0.3) is 10.0 Å². The molecule has 0 spiro atoms. The number of carbonyl (C=O) groups is 1. The van der Waals surface area contributed by atoms with Crippen molar-refractivity contribution in [1.29, 1.82) is 0 Å². The molecule has 192 valence electrons. The second-order valence-corrected chi connectivity index (χ2v) is 11.1. The van der Waals surface area contributed by atoms with E-state index in [9.17, 15) is 17.6 Å². The van der Waals surface area contributed by atoms with E-state index in [0.717, 1.165) is 32.3 Å². The quantitative estimate of drug-likeness (QED) is 0.402. The highest BCUT2D eigenvalue weighted by Gasteiger charge is 2.28. The number of carbonyl (C=O) groups excluding carboxylic acids is 1. The molecule has 0 aliphatic heterocycles. The number of aryl methyl sites for hydroxylation is 2. The molecule has 0 bridgehead atoms. The van der Waals surface area contributed by atoms with Crippen molar-refractivity contribution in [3.05, 3.63) is 88.7 Å². The first-order valence-electron chi connectivity index (χ1n) is 11.8. The van der Waals surface area contributed by atoms with Crippen molar-refractivity contribution in [3.63, 3.8) is 0 Å². The first kappa shape index (κ1) is 27.2. The van der Waals surface area contributed by atoms with Crippen molar-refractivity contribution >= 4 is 21.6 Å². The lowest BCUT2D eigenvalue weighted by Gasteiger charge is -2.26. The smallest absolute Gasteiger partial charge is 0.264 e. The summed E-state index contributed by atoms with van der Waals surface area (Å²) in [4.78, 5) is 13.2. The topological polar surface area (TPSA) is 75.7 Å². The number of rotatable bonds is 9. The van der Waals surface area contributed by atoms with E-state index in [1.165, 1.54) is 36.4 Å². The third-order valence-corrected chi connectivity index (χ3v) is 7.88. The molecule has 0 aliphatic carbocycles. The molecule has 0 fully saturated rings. The first-order valence-corrected chi connectivity index (χ1v) is 13.2. The van der Waals surface area contributed by atoms with Crippen LogP contribution in [-0.4, -0.2) is 28.0 Å². The molecule has 36 heavy (non-hydrogen) atoms. The molecule has 0 aliphatic rings. The van der Waals surface area contributed by atoms with Crippen LogP contribution in [0, 0.1) is 19.7 Å². The SMILES string of the molecule is COc1cc(C)c([C@H](C)NC(=O)CN(c2ccc(F)cc2)S(=O)(=O)c2ccc(C)cc2)cc1C(C)C. The van der Waals surface area contributed by atoms with E-state index in [0.29, 0.717) is 0 Å². The largest absolute Gasteiger partial charge is 0.496 e. The van der Waals surface area contributed by atoms with Gasteiger partial charge in [-0.3, -0.25) is 9.10 Å². The number of amides is 1. The minimum Gasteiger partial charge on any atom is -0.496 e. The molecular formula is C28H33FN2O4S. The maximum absolute atomic E-state index is 13.6. The van der Waals surface area contributed by atoms with Gasteiger partial charge >= 0.3 is 0 Å². The van der Waals surface area contributed by atoms with Gasteiger partial charge in [0.05, 0.1) is 23.7 Å². The summed E-state index contributed by atoms with van der Waals surface area (Å²) in [6.45, 7) is 9.32. The number of ether oxygens (including phenoxy) is 1. The van der Waals surface area contributed by atoms with Crippen molar-refractivity contribution in [2.24, 2.45) is 0 Å². The molecule has 1 amide bonds. The summed E-state index contributed by atoms with van der Waals surface area (Å²) >= 11 is 0. The second kappa shape index (κ2) is 11.1. The normalized spacial score (nSPS) is 12.3. The van der Waals surface area contributed by atoms with Crippen molar-refractivity contribution in [3.8, 4) is 5.75 Å². The van der Waals surface area contributed by atoms with Gasteiger partial charge in [-0.25, -0.2) is 12.8 Å². The molecule has 8 heteroatoms. The standard InChI is InChI=1S/C28H33FN2O4S/c1-18(2)25-16-26(20(4)15-27(25)35-6)21(5)30-28(32)17-31(23-11-9-22(29)10-12-23)36(33,34)24-13-7-19(3)8-14-24/h7-16,18,21H,17H2,1-6H3,(H,30,32)/t21-/m0/s1. The molecule has 6 nitrogen and oxygen atoms in total. The molecule has 0 heterocycles. The summed E-state index contributed by atoms with van der Waals surface area (Å²) in [6.07, 6.45) is 0. The number of nitrogens with one attached hydrogen (secondary N) is 1. The maximum atomic E-state index is 13.6. The van der Waals surface area contributed by atoms with Crippen LogP contribution in [0.3, 0.4) is 0 Å². The number of benzene rings is 3. The molecule has 0 saturated carbocycles. The van der Waals surface area contributed by atoms with E-state index in [1.807, 2.05) is 32.9 Å². The molecule has 0 unspecified atom stereocenters. The van der Waals surface area contributed by atoms with Gasteiger partial charge in [-0.15, -0.1) is 0 Å². The van der Waals surface area contributed by atoms with Crippen molar-refractivity contribution < 1.29 is 22.3 Å². The molecular weight excluding hydrogens is 479 g/mol. The van der Waals surface area contributed by atoms with E-state index < -0.39 is 28.3 Å². The van der Waals surface area contributed by atoms with Crippen LogP contribution in [0.2, 0.25) is 0 Å². The Kier molecular flexibility index (Phi) is 8.40. The highest BCUT2D eigenvalue weighted by molar-refractivity contribution is 7.92. The highest BCUT2D eigenvalue weighted by atomic mass is 32.2. The maximum Gasteiger partial charge on any atom is 0.264 e. The summed E-state index contributed by atoms with van der Waals surface area (Å²) in [5.74, 6) is 0.0246. The Bertz CT molecular complexity index is 1320. The number of halogens is 1. The van der Waals surface area contributed by atoms with Gasteiger partial charge in [-0.1, -0.05) is 31.5 Å². The first-order chi connectivity index (χ1) is 16.9. The fourth-order valence-electron chi connectivity index (χ4n) is 4.07. The van der Waals surface area contributed by atoms with Crippen molar-refractivity contribution in [2.75, 3.05) is 18.0 Å². The van der Waals surface area contributed by atoms with Crippen molar-refractivity contribution in [2.45, 2.75) is 51.5 Å². The summed E-state index contributed by atoms with van der Waals surface area (Å²) < 4.78 is 47.1. The lowest BCUT2D eigenvalue weighted by Crippen LogP contribution is -2.41. The number of methoxy groups -OCH3 is 1. The minimum atomic E-state index is -4.08. The van der Waals surface area contributed by atoms with Gasteiger partial charge < -0.3 is 10.1 Å². The number of nitrogens with zero attached hydrogens (tertiary/aromatic N) is 1. The molecule has 0 radical (unpaired) electrons. The van der Waals surface area contributed by atoms with Gasteiger partial charge in [0.15, 0.2) is 0 Å². The monoisotopic (exact) mass is 512 g/mol. The Morgan fingerprint density at radius 3 is 2.14 bits per heavy atom. The van der Waals surface area contributed by atoms with Crippen LogP contribution in [0.25, 0.3) is 0 Å². The molecule has 3 aromatic rings. The van der Waals surface area contributed by atoms with Crippen LogP contribution < -0.4 is 14.4 Å². The van der Waals surface area contributed by atoms with E-state index in [-0.39, 0.29) is 22.5 Å². The third-order valence-electron chi connectivity index (χ3n) is 6.10. The second-order valence-electron chi connectivity index (χ2n) is 9.20. The van der Waals surface area contributed by atoms with Crippen LogP contribution >= 0.6 is 0 Å². The molecule has 1 atom stereocenters. The predicted octanol–water partition coefficient (Wildman–Crippen LogP) is 5.65. The average molecular weight is 513 g/mol. The summed E-state index contributed by atoms with van der Waals surface area (Å²) in [6, 6.07) is 15.0. The molecule has 3 aromatic carbocycles. The van der Waals surface area contributed by atoms with E-state index in [1.54, 1.807) is 19.2 Å². The Hall–Kier alpha value is -3.39.